The van der Waals surface area contributed by atoms with Gasteiger partial charge in [-0.3, -0.25) is 4.98 Å². The maximum Gasteiger partial charge on any atom is 0.144 e. The molecule has 2 aromatic heterocycles. The van der Waals surface area contributed by atoms with Crippen molar-refractivity contribution in [1.82, 2.24) is 4.98 Å². The van der Waals surface area contributed by atoms with Gasteiger partial charge in [-0.2, -0.15) is 0 Å². The van der Waals surface area contributed by atoms with Crippen molar-refractivity contribution in [3.8, 4) is 11.3 Å². The number of nitrogens with zero attached hydrogens (tertiary/aromatic N) is 1. The summed E-state index contributed by atoms with van der Waals surface area (Å²) < 4.78 is 6.14. The molecule has 2 nitrogen and oxygen atoms in total. The fourth-order valence-corrected chi connectivity index (χ4v) is 3.17. The van der Waals surface area contributed by atoms with Crippen molar-refractivity contribution in [2.75, 3.05) is 0 Å². The van der Waals surface area contributed by atoms with Crippen LogP contribution in [0.5, 0.6) is 0 Å². The predicted octanol–water partition coefficient (Wildman–Crippen LogP) is 6.40. The number of benzene rings is 2. The van der Waals surface area contributed by atoms with Crippen molar-refractivity contribution in [2.24, 2.45) is 5.92 Å². The van der Waals surface area contributed by atoms with Crippen LogP contribution in [0.25, 0.3) is 33.2 Å². The Labute approximate surface area is 147 Å². The first kappa shape index (κ1) is 15.6. The van der Waals surface area contributed by atoms with E-state index in [9.17, 15) is 0 Å². The third-order valence-electron chi connectivity index (χ3n) is 4.38. The summed E-state index contributed by atoms with van der Waals surface area (Å²) in [6, 6.07) is 18.7. The standard InChI is InChI=1S/C23H21NO/c1-16(2)7-5-8-17-13-14-24-21(15-17)20-11-6-10-19-18-9-3-4-12-22(18)25-23(19)20/h3-7,9-16H,8H2,1-2H3/b7-5+. The van der Waals surface area contributed by atoms with E-state index >= 15 is 0 Å². The summed E-state index contributed by atoms with van der Waals surface area (Å²) in [6.07, 6.45) is 7.27. The summed E-state index contributed by atoms with van der Waals surface area (Å²) in [4.78, 5) is 4.59. The molecule has 4 aromatic rings. The maximum absolute atomic E-state index is 6.14. The van der Waals surface area contributed by atoms with Gasteiger partial charge >= 0.3 is 0 Å². The van der Waals surface area contributed by atoms with Crippen molar-refractivity contribution in [3.05, 3.63) is 78.5 Å². The van der Waals surface area contributed by atoms with Crippen LogP contribution < -0.4 is 0 Å². The van der Waals surface area contributed by atoms with Crippen LogP contribution in [-0.2, 0) is 6.42 Å². The van der Waals surface area contributed by atoms with Crippen LogP contribution in [-0.4, -0.2) is 4.98 Å². The van der Waals surface area contributed by atoms with Gasteiger partial charge in [0, 0.05) is 22.5 Å². The number of allylic oxidation sites excluding steroid dienone is 2. The molecule has 2 aromatic carbocycles. The lowest BCUT2D eigenvalue weighted by atomic mass is 10.0. The van der Waals surface area contributed by atoms with Gasteiger partial charge in [0.2, 0.25) is 0 Å². The van der Waals surface area contributed by atoms with Gasteiger partial charge < -0.3 is 4.42 Å². The molecule has 124 valence electrons. The fourth-order valence-electron chi connectivity index (χ4n) is 3.17. The van der Waals surface area contributed by atoms with Crippen molar-refractivity contribution in [3.63, 3.8) is 0 Å². The molecule has 0 aliphatic heterocycles. The molecule has 0 fully saturated rings. The van der Waals surface area contributed by atoms with E-state index in [-0.39, 0.29) is 0 Å². The van der Waals surface area contributed by atoms with Crippen LogP contribution in [0.1, 0.15) is 19.4 Å². The number of fused-ring (bicyclic) bond motifs is 3. The number of hydrogen-bond donors (Lipinski definition) is 0. The van der Waals surface area contributed by atoms with E-state index in [2.05, 4.69) is 67.4 Å². The Bertz CT molecular complexity index is 1060. The van der Waals surface area contributed by atoms with E-state index in [1.165, 1.54) is 5.56 Å². The number of para-hydroxylation sites is 2. The average Bonchev–Trinajstić information content (AvgIpc) is 3.00. The summed E-state index contributed by atoms with van der Waals surface area (Å²) in [5.41, 5.74) is 5.09. The summed E-state index contributed by atoms with van der Waals surface area (Å²) in [7, 11) is 0. The quantitative estimate of drug-likeness (QED) is 0.405. The molecule has 0 amide bonds. The highest BCUT2D eigenvalue weighted by molar-refractivity contribution is 6.09. The molecule has 0 saturated heterocycles. The van der Waals surface area contributed by atoms with Gasteiger partial charge in [0.15, 0.2) is 0 Å². The molecule has 0 saturated carbocycles. The normalized spacial score (nSPS) is 12.0. The smallest absolute Gasteiger partial charge is 0.144 e. The zero-order valence-electron chi connectivity index (χ0n) is 14.6. The molecule has 0 N–H and O–H groups in total. The molecular formula is C23H21NO. The number of hydrogen-bond acceptors (Lipinski definition) is 2. The first-order valence-corrected chi connectivity index (χ1v) is 8.74. The van der Waals surface area contributed by atoms with E-state index < -0.39 is 0 Å². The molecule has 2 heteroatoms. The Balaban J connectivity index is 1.79. The van der Waals surface area contributed by atoms with Crippen LogP contribution in [0.3, 0.4) is 0 Å². The Morgan fingerprint density at radius 3 is 2.72 bits per heavy atom. The molecule has 0 radical (unpaired) electrons. The van der Waals surface area contributed by atoms with Crippen LogP contribution >= 0.6 is 0 Å². The zero-order valence-corrected chi connectivity index (χ0v) is 14.6. The molecule has 0 unspecified atom stereocenters. The lowest BCUT2D eigenvalue weighted by molar-refractivity contribution is 0.670. The predicted molar refractivity (Wildman–Crippen MR) is 105 cm³/mol. The largest absolute Gasteiger partial charge is 0.455 e. The van der Waals surface area contributed by atoms with Crippen LogP contribution in [0.2, 0.25) is 0 Å². The van der Waals surface area contributed by atoms with E-state index in [1.807, 2.05) is 24.4 Å². The minimum atomic E-state index is 0.575. The Morgan fingerprint density at radius 1 is 1.00 bits per heavy atom. The van der Waals surface area contributed by atoms with Crippen molar-refractivity contribution in [2.45, 2.75) is 20.3 Å². The average molecular weight is 327 g/mol. The monoisotopic (exact) mass is 327 g/mol. The number of furan rings is 1. The molecule has 0 spiro atoms. The Hall–Kier alpha value is -2.87. The van der Waals surface area contributed by atoms with Crippen molar-refractivity contribution >= 4 is 21.9 Å². The van der Waals surface area contributed by atoms with Crippen molar-refractivity contribution < 1.29 is 4.42 Å². The van der Waals surface area contributed by atoms with Gasteiger partial charge in [-0.05, 0) is 42.2 Å². The van der Waals surface area contributed by atoms with Gasteiger partial charge in [0.25, 0.3) is 0 Å². The summed E-state index contributed by atoms with van der Waals surface area (Å²) in [6.45, 7) is 4.38. The second-order valence-corrected chi connectivity index (χ2v) is 6.71. The number of aromatic nitrogens is 1. The van der Waals surface area contributed by atoms with Gasteiger partial charge in [0.1, 0.15) is 11.2 Å². The Morgan fingerprint density at radius 2 is 1.84 bits per heavy atom. The molecule has 0 atom stereocenters. The van der Waals surface area contributed by atoms with E-state index in [4.69, 9.17) is 4.42 Å². The molecule has 0 aliphatic carbocycles. The summed E-state index contributed by atoms with van der Waals surface area (Å²) >= 11 is 0. The second-order valence-electron chi connectivity index (χ2n) is 6.71. The SMILES string of the molecule is CC(C)/C=C/Cc1ccnc(-c2cccc3c2oc2ccccc23)c1. The summed E-state index contributed by atoms with van der Waals surface area (Å²) in [5, 5.41) is 2.29. The first-order chi connectivity index (χ1) is 12.2. The fraction of sp³-hybridized carbons (Fsp3) is 0.174. The molecular weight excluding hydrogens is 306 g/mol. The van der Waals surface area contributed by atoms with Crippen LogP contribution in [0.4, 0.5) is 0 Å². The topological polar surface area (TPSA) is 26.0 Å². The third kappa shape index (κ3) is 3.08. The van der Waals surface area contributed by atoms with E-state index in [0.717, 1.165) is 39.6 Å². The highest BCUT2D eigenvalue weighted by Gasteiger charge is 2.12. The third-order valence-corrected chi connectivity index (χ3v) is 4.38. The zero-order chi connectivity index (χ0) is 17.2. The molecule has 0 aliphatic rings. The van der Waals surface area contributed by atoms with Gasteiger partial charge in [-0.25, -0.2) is 0 Å². The van der Waals surface area contributed by atoms with E-state index in [0.29, 0.717) is 5.92 Å². The van der Waals surface area contributed by atoms with Crippen molar-refractivity contribution in [1.29, 1.82) is 0 Å². The molecule has 2 heterocycles. The van der Waals surface area contributed by atoms with Gasteiger partial charge in [0.05, 0.1) is 5.69 Å². The van der Waals surface area contributed by atoms with Gasteiger partial charge in [-0.1, -0.05) is 56.3 Å². The maximum atomic E-state index is 6.14. The minimum absolute atomic E-state index is 0.575. The minimum Gasteiger partial charge on any atom is -0.455 e. The van der Waals surface area contributed by atoms with Crippen LogP contribution in [0, 0.1) is 5.92 Å². The van der Waals surface area contributed by atoms with Gasteiger partial charge in [-0.15, -0.1) is 0 Å². The Kier molecular flexibility index (Phi) is 4.10. The molecule has 4 rings (SSSR count). The number of rotatable bonds is 4. The lowest BCUT2D eigenvalue weighted by Crippen LogP contribution is -1.88. The highest BCUT2D eigenvalue weighted by Crippen LogP contribution is 2.35. The van der Waals surface area contributed by atoms with Crippen LogP contribution in [0.15, 0.2) is 77.4 Å². The lowest BCUT2D eigenvalue weighted by Gasteiger charge is -2.04. The highest BCUT2D eigenvalue weighted by atomic mass is 16.3. The molecule has 0 bridgehead atoms. The summed E-state index contributed by atoms with van der Waals surface area (Å²) in [5.74, 6) is 0.575. The first-order valence-electron chi connectivity index (χ1n) is 8.74. The number of pyridine rings is 1. The second kappa shape index (κ2) is 6.56. The van der Waals surface area contributed by atoms with E-state index in [1.54, 1.807) is 0 Å². The molecule has 25 heavy (non-hydrogen) atoms.